The van der Waals surface area contributed by atoms with E-state index in [0.717, 1.165) is 0 Å². The van der Waals surface area contributed by atoms with Crippen LogP contribution in [0, 0.1) is 0 Å². The summed E-state index contributed by atoms with van der Waals surface area (Å²) in [6, 6.07) is 4.94. The van der Waals surface area contributed by atoms with Crippen LogP contribution in [0.5, 0.6) is 0 Å². The third kappa shape index (κ3) is 2.75. The van der Waals surface area contributed by atoms with Crippen molar-refractivity contribution in [1.29, 1.82) is 0 Å². The molecular formula is C10H15ClN2O2. The highest BCUT2D eigenvalue weighted by atomic mass is 35.5. The largest absolute Gasteiger partial charge is 0.398 e. The number of hydrogen-bond donors (Lipinski definition) is 3. The van der Waals surface area contributed by atoms with Gasteiger partial charge in [0.15, 0.2) is 0 Å². The van der Waals surface area contributed by atoms with E-state index in [-0.39, 0.29) is 0 Å². The van der Waals surface area contributed by atoms with Crippen LogP contribution in [0.2, 0.25) is 5.02 Å². The average Bonchev–Trinajstić information content (AvgIpc) is 2.10. The Kier molecular flexibility index (Phi) is 3.79. The minimum absolute atomic E-state index is 0.402. The van der Waals surface area contributed by atoms with Gasteiger partial charge in [-0.05, 0) is 32.0 Å². The number of halogens is 1. The summed E-state index contributed by atoms with van der Waals surface area (Å²) in [6.45, 7) is 3.13. The van der Waals surface area contributed by atoms with E-state index in [2.05, 4.69) is 0 Å². The van der Waals surface area contributed by atoms with Crippen LogP contribution in [0.4, 0.5) is 11.4 Å². The van der Waals surface area contributed by atoms with E-state index in [0.29, 0.717) is 16.4 Å². The quantitative estimate of drug-likeness (QED) is 0.543. The van der Waals surface area contributed by atoms with Crippen LogP contribution >= 0.6 is 11.6 Å². The molecule has 0 aromatic heterocycles. The van der Waals surface area contributed by atoms with Gasteiger partial charge >= 0.3 is 0 Å². The summed E-state index contributed by atoms with van der Waals surface area (Å²) in [5.41, 5.74) is 6.66. The Labute approximate surface area is 93.9 Å². The number of hydrogen-bond acceptors (Lipinski definition) is 4. The topological polar surface area (TPSA) is 69.7 Å². The molecule has 0 aliphatic rings. The molecule has 84 valence electrons. The van der Waals surface area contributed by atoms with Crippen LogP contribution in [-0.4, -0.2) is 22.7 Å². The van der Waals surface area contributed by atoms with Crippen LogP contribution in [0.25, 0.3) is 0 Å². The van der Waals surface area contributed by atoms with Gasteiger partial charge in [0.05, 0.1) is 10.7 Å². The van der Waals surface area contributed by atoms with E-state index in [1.807, 2.05) is 0 Å². The maximum absolute atomic E-state index is 9.49. The smallest absolute Gasteiger partial charge is 0.126 e. The lowest BCUT2D eigenvalue weighted by molar-refractivity contribution is 0.105. The van der Waals surface area contributed by atoms with Gasteiger partial charge < -0.3 is 20.8 Å². The molecule has 15 heavy (non-hydrogen) atoms. The summed E-state index contributed by atoms with van der Waals surface area (Å²) in [5, 5.41) is 19.4. The predicted molar refractivity (Wildman–Crippen MR) is 61.7 cm³/mol. The van der Waals surface area contributed by atoms with Gasteiger partial charge in [-0.3, -0.25) is 0 Å². The van der Waals surface area contributed by atoms with Crippen LogP contribution < -0.4 is 10.6 Å². The number of benzene rings is 1. The molecule has 0 aliphatic carbocycles. The van der Waals surface area contributed by atoms with Crippen LogP contribution in [0.3, 0.4) is 0 Å². The second-order valence-corrected chi connectivity index (χ2v) is 3.78. The van der Waals surface area contributed by atoms with Gasteiger partial charge in [0.25, 0.3) is 0 Å². The third-order valence-corrected chi connectivity index (χ3v) is 2.41. The number of nitrogens with zero attached hydrogens (tertiary/aromatic N) is 1. The summed E-state index contributed by atoms with van der Waals surface area (Å²) in [7, 11) is 0. The monoisotopic (exact) mass is 230 g/mol. The van der Waals surface area contributed by atoms with Gasteiger partial charge in [-0.1, -0.05) is 11.6 Å². The molecule has 0 saturated heterocycles. The molecule has 0 amide bonds. The fourth-order valence-electron chi connectivity index (χ4n) is 1.42. The molecule has 0 saturated carbocycles. The predicted octanol–water partition coefficient (Wildman–Crippen LogP) is 1.41. The Morgan fingerprint density at radius 3 is 2.20 bits per heavy atom. The van der Waals surface area contributed by atoms with Crippen LogP contribution in [0.1, 0.15) is 13.8 Å². The molecule has 0 spiro atoms. The first kappa shape index (κ1) is 12.1. The molecule has 0 radical (unpaired) electrons. The lowest BCUT2D eigenvalue weighted by atomic mass is 10.2. The van der Waals surface area contributed by atoms with Crippen molar-refractivity contribution in [3.8, 4) is 0 Å². The molecule has 0 fully saturated rings. The highest BCUT2D eigenvalue weighted by molar-refractivity contribution is 6.33. The highest BCUT2D eigenvalue weighted by Crippen LogP contribution is 2.26. The second kappa shape index (κ2) is 4.70. The van der Waals surface area contributed by atoms with Crippen molar-refractivity contribution < 1.29 is 10.2 Å². The number of aliphatic hydroxyl groups excluding tert-OH is 2. The summed E-state index contributed by atoms with van der Waals surface area (Å²) in [5.74, 6) is 0. The Balaban J connectivity index is 3.07. The Bertz CT molecular complexity index is 334. The van der Waals surface area contributed by atoms with Gasteiger partial charge in [0.1, 0.15) is 12.5 Å². The molecule has 4 N–H and O–H groups in total. The van der Waals surface area contributed by atoms with Gasteiger partial charge in [-0.15, -0.1) is 0 Å². The van der Waals surface area contributed by atoms with Crippen molar-refractivity contribution in [1.82, 2.24) is 0 Å². The Morgan fingerprint density at radius 1 is 1.27 bits per heavy atom. The molecule has 1 aromatic carbocycles. The summed E-state index contributed by atoms with van der Waals surface area (Å²) < 4.78 is 0. The van der Waals surface area contributed by atoms with Gasteiger partial charge in [-0.25, -0.2) is 0 Å². The van der Waals surface area contributed by atoms with E-state index in [9.17, 15) is 10.2 Å². The molecule has 1 aromatic rings. The van der Waals surface area contributed by atoms with E-state index < -0.39 is 12.5 Å². The second-order valence-electron chi connectivity index (χ2n) is 3.38. The first-order valence-electron chi connectivity index (χ1n) is 4.63. The molecule has 0 bridgehead atoms. The summed E-state index contributed by atoms with van der Waals surface area (Å²) in [6.07, 6.45) is -1.60. The minimum Gasteiger partial charge on any atom is -0.398 e. The van der Waals surface area contributed by atoms with Crippen LogP contribution in [-0.2, 0) is 0 Å². The molecule has 4 nitrogen and oxygen atoms in total. The number of anilines is 2. The third-order valence-electron chi connectivity index (χ3n) is 2.09. The van der Waals surface area contributed by atoms with Gasteiger partial charge in [0, 0.05) is 5.69 Å². The van der Waals surface area contributed by atoms with Gasteiger partial charge in [0.2, 0.25) is 0 Å². The van der Waals surface area contributed by atoms with Crippen molar-refractivity contribution >= 4 is 23.0 Å². The SMILES string of the molecule is CC(O)N(c1ccc(N)c(Cl)c1)C(C)O. The molecule has 0 heterocycles. The van der Waals surface area contributed by atoms with Gasteiger partial charge in [-0.2, -0.15) is 0 Å². The molecule has 2 atom stereocenters. The molecule has 1 rings (SSSR count). The van der Waals surface area contributed by atoms with Crippen LogP contribution in [0.15, 0.2) is 18.2 Å². The number of rotatable bonds is 3. The maximum Gasteiger partial charge on any atom is 0.126 e. The molecule has 2 unspecified atom stereocenters. The van der Waals surface area contributed by atoms with E-state index >= 15 is 0 Å². The fourth-order valence-corrected chi connectivity index (χ4v) is 1.60. The van der Waals surface area contributed by atoms with E-state index in [1.165, 1.54) is 4.90 Å². The standard InChI is InChI=1S/C10H15ClN2O2/c1-6(14)13(7(2)15)8-3-4-10(12)9(11)5-8/h3-7,14-15H,12H2,1-2H3. The Morgan fingerprint density at radius 2 is 1.80 bits per heavy atom. The maximum atomic E-state index is 9.49. The van der Waals surface area contributed by atoms with Crippen molar-refractivity contribution in [2.45, 2.75) is 26.3 Å². The zero-order chi connectivity index (χ0) is 11.6. The first-order chi connectivity index (χ1) is 6.93. The number of nitrogens with two attached hydrogens (primary N) is 1. The molecule has 0 aliphatic heterocycles. The number of aliphatic hydroxyl groups is 2. The van der Waals surface area contributed by atoms with Crippen molar-refractivity contribution in [3.63, 3.8) is 0 Å². The summed E-state index contributed by atoms with van der Waals surface area (Å²) in [4.78, 5) is 1.42. The zero-order valence-corrected chi connectivity index (χ0v) is 9.44. The lowest BCUT2D eigenvalue weighted by Gasteiger charge is -2.30. The zero-order valence-electron chi connectivity index (χ0n) is 8.68. The van der Waals surface area contributed by atoms with Crippen molar-refractivity contribution in [2.75, 3.05) is 10.6 Å². The Hall–Kier alpha value is -0.970. The summed E-state index contributed by atoms with van der Waals surface area (Å²) >= 11 is 5.85. The highest BCUT2D eigenvalue weighted by Gasteiger charge is 2.17. The lowest BCUT2D eigenvalue weighted by Crippen LogP contribution is -2.40. The normalized spacial score (nSPS) is 14.7. The average molecular weight is 231 g/mol. The number of nitrogen functional groups attached to an aromatic ring is 1. The molecule has 5 heteroatoms. The van der Waals surface area contributed by atoms with E-state index in [1.54, 1.807) is 32.0 Å². The first-order valence-corrected chi connectivity index (χ1v) is 5.00. The minimum atomic E-state index is -0.801. The van der Waals surface area contributed by atoms with E-state index in [4.69, 9.17) is 17.3 Å². The fraction of sp³-hybridized carbons (Fsp3) is 0.400. The van der Waals surface area contributed by atoms with Crippen molar-refractivity contribution in [3.05, 3.63) is 23.2 Å². The van der Waals surface area contributed by atoms with Crippen molar-refractivity contribution in [2.24, 2.45) is 0 Å². The molecular weight excluding hydrogens is 216 g/mol.